The molecule has 0 bridgehead atoms. The van der Waals surface area contributed by atoms with E-state index in [1.165, 1.54) is 12.3 Å². The molecule has 0 saturated carbocycles. The van der Waals surface area contributed by atoms with Gasteiger partial charge < -0.3 is 11.1 Å². The maximum absolute atomic E-state index is 14.1. The van der Waals surface area contributed by atoms with Crippen molar-refractivity contribution in [1.82, 2.24) is 9.97 Å². The fraction of sp³-hybridized carbons (Fsp3) is 0.105. The zero-order valence-corrected chi connectivity index (χ0v) is 14.5. The third-order valence-electron chi connectivity index (χ3n) is 3.80. The van der Waals surface area contributed by atoms with E-state index in [1.807, 2.05) is 0 Å². The maximum Gasteiger partial charge on any atom is 0.185 e. The lowest BCUT2D eigenvalue weighted by Crippen LogP contribution is -2.08. The quantitative estimate of drug-likeness (QED) is 0.643. The van der Waals surface area contributed by atoms with Crippen LogP contribution in [-0.4, -0.2) is 15.8 Å². The average Bonchev–Trinajstić information content (AvgIpc) is 2.64. The minimum atomic E-state index is -0.360. The monoisotopic (exact) mass is 370 g/mol. The molecular weight excluding hydrogens is 355 g/mol. The van der Waals surface area contributed by atoms with Gasteiger partial charge in [-0.1, -0.05) is 23.7 Å². The normalized spacial score (nSPS) is 10.5. The van der Waals surface area contributed by atoms with E-state index in [2.05, 4.69) is 15.3 Å². The summed E-state index contributed by atoms with van der Waals surface area (Å²) < 4.78 is 14.1. The summed E-state index contributed by atoms with van der Waals surface area (Å²) in [5.74, 6) is -0.183. The Morgan fingerprint density at radius 2 is 2.04 bits per heavy atom. The number of nitrogen functional groups attached to an aromatic ring is 1. The molecule has 0 atom stereocenters. The first kappa shape index (κ1) is 17.8. The standard InChI is InChI=1S/C19H16ClFN4O/c20-14-4-6-16(25-11-14)18(26)9-12-3-5-15(21)13(8-12)10-24-17-2-1-7-23-19(17)22/h1-8,11,24H,9-10H2,(H2,22,23). The summed E-state index contributed by atoms with van der Waals surface area (Å²) in [5, 5.41) is 3.51. The van der Waals surface area contributed by atoms with Gasteiger partial charge in [-0.15, -0.1) is 0 Å². The summed E-state index contributed by atoms with van der Waals surface area (Å²) in [6.45, 7) is 0.225. The molecule has 3 aromatic rings. The van der Waals surface area contributed by atoms with Crippen molar-refractivity contribution >= 4 is 28.9 Å². The lowest BCUT2D eigenvalue weighted by molar-refractivity contribution is 0.0988. The van der Waals surface area contributed by atoms with Crippen LogP contribution < -0.4 is 11.1 Å². The average molecular weight is 371 g/mol. The molecule has 26 heavy (non-hydrogen) atoms. The van der Waals surface area contributed by atoms with E-state index in [0.717, 1.165) is 0 Å². The van der Waals surface area contributed by atoms with Crippen LogP contribution in [0, 0.1) is 5.82 Å². The largest absolute Gasteiger partial charge is 0.382 e. The zero-order valence-electron chi connectivity index (χ0n) is 13.7. The Hall–Kier alpha value is -2.99. The number of nitrogens with two attached hydrogens (primary N) is 1. The highest BCUT2D eigenvalue weighted by atomic mass is 35.5. The number of nitrogens with one attached hydrogen (secondary N) is 1. The number of carbonyl (C=O) groups is 1. The number of anilines is 2. The maximum atomic E-state index is 14.1. The molecule has 3 N–H and O–H groups in total. The zero-order chi connectivity index (χ0) is 18.5. The fourth-order valence-corrected chi connectivity index (χ4v) is 2.56. The number of hydrogen-bond donors (Lipinski definition) is 2. The van der Waals surface area contributed by atoms with Gasteiger partial charge in [-0.25, -0.2) is 9.37 Å². The van der Waals surface area contributed by atoms with Crippen LogP contribution in [0.15, 0.2) is 54.9 Å². The number of benzene rings is 1. The molecule has 0 spiro atoms. The van der Waals surface area contributed by atoms with Crippen LogP contribution in [-0.2, 0) is 13.0 Å². The van der Waals surface area contributed by atoms with Crippen molar-refractivity contribution < 1.29 is 9.18 Å². The van der Waals surface area contributed by atoms with E-state index >= 15 is 0 Å². The van der Waals surface area contributed by atoms with Gasteiger partial charge in [0.2, 0.25) is 0 Å². The number of nitrogens with zero attached hydrogens (tertiary/aromatic N) is 2. The van der Waals surface area contributed by atoms with Gasteiger partial charge in [0.1, 0.15) is 17.3 Å². The number of halogens is 2. The van der Waals surface area contributed by atoms with Crippen molar-refractivity contribution in [2.45, 2.75) is 13.0 Å². The lowest BCUT2D eigenvalue weighted by atomic mass is 10.0. The van der Waals surface area contributed by atoms with Crippen molar-refractivity contribution in [3.63, 3.8) is 0 Å². The third-order valence-corrected chi connectivity index (χ3v) is 4.02. The first-order valence-corrected chi connectivity index (χ1v) is 8.27. The van der Waals surface area contributed by atoms with Crippen LogP contribution in [0.1, 0.15) is 21.6 Å². The molecule has 0 aliphatic heterocycles. The number of ketones is 1. The lowest BCUT2D eigenvalue weighted by Gasteiger charge is -2.10. The summed E-state index contributed by atoms with van der Waals surface area (Å²) >= 11 is 5.78. The van der Waals surface area contributed by atoms with Crippen LogP contribution in [0.5, 0.6) is 0 Å². The number of aromatic nitrogens is 2. The molecule has 3 rings (SSSR count). The molecule has 1 aromatic carbocycles. The topological polar surface area (TPSA) is 80.9 Å². The van der Waals surface area contributed by atoms with Crippen molar-refractivity contribution in [1.29, 1.82) is 0 Å². The molecule has 7 heteroatoms. The van der Waals surface area contributed by atoms with E-state index in [0.29, 0.717) is 33.3 Å². The molecule has 5 nitrogen and oxygen atoms in total. The first-order valence-electron chi connectivity index (χ1n) is 7.89. The van der Waals surface area contributed by atoms with Crippen LogP contribution in [0.4, 0.5) is 15.9 Å². The molecule has 0 aliphatic carbocycles. The second kappa shape index (κ2) is 7.93. The van der Waals surface area contributed by atoms with Crippen LogP contribution in [0.3, 0.4) is 0 Å². The highest BCUT2D eigenvalue weighted by molar-refractivity contribution is 6.30. The number of rotatable bonds is 6. The molecule has 0 radical (unpaired) electrons. The summed E-state index contributed by atoms with van der Waals surface area (Å²) in [4.78, 5) is 20.3. The Kier molecular flexibility index (Phi) is 5.43. The third kappa shape index (κ3) is 4.34. The molecule has 2 heterocycles. The summed E-state index contributed by atoms with van der Waals surface area (Å²) in [6.07, 6.45) is 3.13. The van der Waals surface area contributed by atoms with Crippen LogP contribution in [0.25, 0.3) is 0 Å². The second-order valence-electron chi connectivity index (χ2n) is 5.68. The number of pyridine rings is 2. The molecule has 0 fully saturated rings. The van der Waals surface area contributed by atoms with E-state index in [-0.39, 0.29) is 24.6 Å². The summed E-state index contributed by atoms with van der Waals surface area (Å²) in [5.41, 5.74) is 7.84. The minimum Gasteiger partial charge on any atom is -0.382 e. The number of carbonyl (C=O) groups excluding carboxylic acids is 1. The molecule has 0 unspecified atom stereocenters. The molecule has 0 saturated heterocycles. The molecule has 0 amide bonds. The Labute approximate surface area is 155 Å². The van der Waals surface area contributed by atoms with Crippen molar-refractivity contribution in [3.8, 4) is 0 Å². The fourth-order valence-electron chi connectivity index (χ4n) is 2.45. The van der Waals surface area contributed by atoms with Crippen molar-refractivity contribution in [3.05, 3.63) is 82.5 Å². The van der Waals surface area contributed by atoms with Crippen LogP contribution in [0.2, 0.25) is 5.02 Å². The van der Waals surface area contributed by atoms with Crippen molar-refractivity contribution in [2.75, 3.05) is 11.1 Å². The van der Waals surface area contributed by atoms with Crippen LogP contribution >= 0.6 is 11.6 Å². The highest BCUT2D eigenvalue weighted by Gasteiger charge is 2.11. The Morgan fingerprint density at radius 3 is 2.77 bits per heavy atom. The van der Waals surface area contributed by atoms with Gasteiger partial charge in [0.05, 0.1) is 10.7 Å². The summed E-state index contributed by atoms with van der Waals surface area (Å²) in [6, 6.07) is 11.3. The van der Waals surface area contributed by atoms with Gasteiger partial charge in [0.25, 0.3) is 0 Å². The van der Waals surface area contributed by atoms with Gasteiger partial charge in [0, 0.05) is 30.9 Å². The molecule has 132 valence electrons. The minimum absolute atomic E-state index is 0.122. The Bertz CT molecular complexity index is 931. The number of hydrogen-bond acceptors (Lipinski definition) is 5. The van der Waals surface area contributed by atoms with Gasteiger partial charge in [-0.2, -0.15) is 0 Å². The number of Topliss-reactive ketones (excluding diaryl/α,β-unsaturated/α-hetero) is 1. The van der Waals surface area contributed by atoms with E-state index in [1.54, 1.807) is 42.6 Å². The van der Waals surface area contributed by atoms with Gasteiger partial charge in [-0.05, 0) is 35.9 Å². The van der Waals surface area contributed by atoms with E-state index in [9.17, 15) is 9.18 Å². The second-order valence-corrected chi connectivity index (χ2v) is 6.11. The van der Waals surface area contributed by atoms with E-state index in [4.69, 9.17) is 17.3 Å². The first-order chi connectivity index (χ1) is 12.5. The Balaban J connectivity index is 1.72. The van der Waals surface area contributed by atoms with Gasteiger partial charge in [-0.3, -0.25) is 9.78 Å². The Morgan fingerprint density at radius 1 is 1.19 bits per heavy atom. The predicted octanol–water partition coefficient (Wildman–Crippen LogP) is 3.89. The molecule has 0 aliphatic rings. The molecule has 2 aromatic heterocycles. The molecular formula is C19H16ClFN4O. The SMILES string of the molecule is Nc1ncccc1NCc1cc(CC(=O)c2ccc(Cl)cn2)ccc1F. The van der Waals surface area contributed by atoms with Crippen molar-refractivity contribution in [2.24, 2.45) is 0 Å². The summed E-state index contributed by atoms with van der Waals surface area (Å²) in [7, 11) is 0. The van der Waals surface area contributed by atoms with Gasteiger partial charge >= 0.3 is 0 Å². The van der Waals surface area contributed by atoms with E-state index < -0.39 is 0 Å². The highest BCUT2D eigenvalue weighted by Crippen LogP contribution is 2.18. The predicted molar refractivity (Wildman–Crippen MR) is 99.7 cm³/mol. The smallest absolute Gasteiger partial charge is 0.185 e. The van der Waals surface area contributed by atoms with Gasteiger partial charge in [0.15, 0.2) is 5.78 Å².